The Bertz CT molecular complexity index is 490. The van der Waals surface area contributed by atoms with Gasteiger partial charge in [-0.1, -0.05) is 0 Å². The molecule has 0 saturated carbocycles. The van der Waals surface area contributed by atoms with E-state index in [0.29, 0.717) is 11.3 Å². The average Bonchev–Trinajstić information content (AvgIpc) is 2.60. The molecule has 72 valence electrons. The van der Waals surface area contributed by atoms with E-state index in [0.717, 1.165) is 9.95 Å². The summed E-state index contributed by atoms with van der Waals surface area (Å²) in [7, 11) is 1.52. The number of pyridine rings is 1. The molecule has 2 aromatic heterocycles. The van der Waals surface area contributed by atoms with Gasteiger partial charge < -0.3 is 9.84 Å². The maximum Gasteiger partial charge on any atom is 0.416 e. The molecule has 0 radical (unpaired) electrons. The minimum Gasteiger partial charge on any atom is -0.494 e. The molecule has 2 heterocycles. The molecule has 0 aliphatic heterocycles. The minimum atomic E-state index is -1.03. The van der Waals surface area contributed by atoms with E-state index in [1.165, 1.54) is 19.5 Å². The number of nitrogens with zero attached hydrogens (tertiary/aromatic N) is 2. The molecule has 0 spiro atoms. The molecule has 2 aromatic rings. The van der Waals surface area contributed by atoms with Gasteiger partial charge in [0.05, 0.1) is 25.0 Å². The van der Waals surface area contributed by atoms with Crippen LogP contribution in [0.3, 0.4) is 0 Å². The molecule has 0 fully saturated rings. The Labute approximate surface area is 79.6 Å². The van der Waals surface area contributed by atoms with Crippen molar-refractivity contribution in [3.05, 3.63) is 24.7 Å². The van der Waals surface area contributed by atoms with Crippen LogP contribution in [0.1, 0.15) is 0 Å². The second-order valence-corrected chi connectivity index (χ2v) is 2.74. The van der Waals surface area contributed by atoms with E-state index in [9.17, 15) is 4.79 Å². The number of carbonyl (C=O) groups is 1. The number of aromatic nitrogens is 2. The maximum atomic E-state index is 10.8. The van der Waals surface area contributed by atoms with Crippen molar-refractivity contribution >= 4 is 17.0 Å². The average molecular weight is 192 g/mol. The van der Waals surface area contributed by atoms with E-state index in [4.69, 9.17) is 9.84 Å². The summed E-state index contributed by atoms with van der Waals surface area (Å²) in [6, 6.07) is 1.68. The fraction of sp³-hybridized carbons (Fsp3) is 0.111. The molecule has 0 aromatic carbocycles. The Morgan fingerprint density at radius 2 is 2.36 bits per heavy atom. The third-order valence-corrected chi connectivity index (χ3v) is 2.01. The van der Waals surface area contributed by atoms with Crippen molar-refractivity contribution in [1.29, 1.82) is 0 Å². The first-order chi connectivity index (χ1) is 6.74. The van der Waals surface area contributed by atoms with Crippen LogP contribution in [0.2, 0.25) is 0 Å². The smallest absolute Gasteiger partial charge is 0.416 e. The summed E-state index contributed by atoms with van der Waals surface area (Å²) in [5.41, 5.74) is 0.525. The fourth-order valence-corrected chi connectivity index (χ4v) is 1.36. The molecule has 0 saturated heterocycles. The first-order valence-electron chi connectivity index (χ1n) is 3.96. The molecule has 14 heavy (non-hydrogen) atoms. The molecule has 0 aliphatic carbocycles. The van der Waals surface area contributed by atoms with E-state index in [2.05, 4.69) is 4.98 Å². The van der Waals surface area contributed by atoms with Gasteiger partial charge in [-0.25, -0.2) is 4.79 Å². The topological polar surface area (TPSA) is 64.4 Å². The van der Waals surface area contributed by atoms with Crippen LogP contribution in [0.15, 0.2) is 24.7 Å². The van der Waals surface area contributed by atoms with Crippen LogP contribution < -0.4 is 4.74 Å². The van der Waals surface area contributed by atoms with Crippen LogP contribution in [0.5, 0.6) is 5.75 Å². The highest BCUT2D eigenvalue weighted by Gasteiger charge is 2.09. The third-order valence-electron chi connectivity index (χ3n) is 2.01. The molecule has 2 rings (SSSR count). The Balaban J connectivity index is 2.75. The summed E-state index contributed by atoms with van der Waals surface area (Å²) in [6.07, 6.45) is 3.48. The van der Waals surface area contributed by atoms with Gasteiger partial charge in [-0.3, -0.25) is 9.55 Å². The van der Waals surface area contributed by atoms with Gasteiger partial charge in [0, 0.05) is 11.6 Å². The highest BCUT2D eigenvalue weighted by Crippen LogP contribution is 2.24. The monoisotopic (exact) mass is 192 g/mol. The maximum absolute atomic E-state index is 10.8. The van der Waals surface area contributed by atoms with Crippen LogP contribution >= 0.6 is 0 Å². The van der Waals surface area contributed by atoms with Gasteiger partial charge in [0.2, 0.25) is 0 Å². The highest BCUT2D eigenvalue weighted by atomic mass is 16.5. The van der Waals surface area contributed by atoms with Crippen molar-refractivity contribution < 1.29 is 14.6 Å². The van der Waals surface area contributed by atoms with Gasteiger partial charge >= 0.3 is 6.09 Å². The van der Waals surface area contributed by atoms with Crippen molar-refractivity contribution in [2.24, 2.45) is 0 Å². The van der Waals surface area contributed by atoms with Gasteiger partial charge in [-0.2, -0.15) is 0 Å². The molecular formula is C9H8N2O3. The molecule has 1 N–H and O–H groups in total. The quantitative estimate of drug-likeness (QED) is 0.744. The zero-order valence-electron chi connectivity index (χ0n) is 7.47. The van der Waals surface area contributed by atoms with Gasteiger partial charge in [-0.15, -0.1) is 0 Å². The van der Waals surface area contributed by atoms with Crippen molar-refractivity contribution in [2.45, 2.75) is 0 Å². The second-order valence-electron chi connectivity index (χ2n) is 2.74. The van der Waals surface area contributed by atoms with Crippen molar-refractivity contribution in [2.75, 3.05) is 7.11 Å². The lowest BCUT2D eigenvalue weighted by Gasteiger charge is -2.01. The number of rotatable bonds is 1. The summed E-state index contributed by atoms with van der Waals surface area (Å²) in [5, 5.41) is 9.57. The van der Waals surface area contributed by atoms with Crippen LogP contribution in [-0.4, -0.2) is 27.9 Å². The lowest BCUT2D eigenvalue weighted by atomic mass is 10.3. The van der Waals surface area contributed by atoms with Crippen LogP contribution in [-0.2, 0) is 0 Å². The first kappa shape index (κ1) is 8.55. The van der Waals surface area contributed by atoms with Crippen LogP contribution in [0.4, 0.5) is 4.79 Å². The number of hydrogen-bond acceptors (Lipinski definition) is 3. The van der Waals surface area contributed by atoms with E-state index >= 15 is 0 Å². The van der Waals surface area contributed by atoms with E-state index < -0.39 is 6.09 Å². The fourth-order valence-electron chi connectivity index (χ4n) is 1.36. The normalized spacial score (nSPS) is 10.4. The summed E-state index contributed by atoms with van der Waals surface area (Å²) >= 11 is 0. The Morgan fingerprint density at radius 3 is 3.00 bits per heavy atom. The zero-order chi connectivity index (χ0) is 10.1. The number of fused-ring (bicyclic) bond motifs is 1. The summed E-state index contributed by atoms with van der Waals surface area (Å²) in [5.74, 6) is 0.572. The lowest BCUT2D eigenvalue weighted by Crippen LogP contribution is -2.05. The SMILES string of the molecule is COc1cncc2c1ccn2C(=O)O. The van der Waals surface area contributed by atoms with E-state index in [-0.39, 0.29) is 0 Å². The predicted molar refractivity (Wildman–Crippen MR) is 49.7 cm³/mol. The molecule has 0 unspecified atom stereocenters. The number of methoxy groups -OCH3 is 1. The van der Waals surface area contributed by atoms with E-state index in [1.807, 2.05) is 0 Å². The summed E-state index contributed by atoms with van der Waals surface area (Å²) in [6.45, 7) is 0. The van der Waals surface area contributed by atoms with E-state index in [1.54, 1.807) is 12.3 Å². The minimum absolute atomic E-state index is 0.525. The molecule has 0 aliphatic rings. The molecule has 0 bridgehead atoms. The standard InChI is InChI=1S/C9H8N2O3/c1-14-8-5-10-4-7-6(8)2-3-11(7)9(12)13/h2-5H,1H3,(H,12,13). The Morgan fingerprint density at radius 1 is 1.57 bits per heavy atom. The van der Waals surface area contributed by atoms with Crippen molar-refractivity contribution in [3.8, 4) is 5.75 Å². The molecule has 0 atom stereocenters. The molecule has 0 amide bonds. The zero-order valence-corrected chi connectivity index (χ0v) is 7.47. The number of ether oxygens (including phenoxy) is 1. The van der Waals surface area contributed by atoms with Gasteiger partial charge in [0.25, 0.3) is 0 Å². The Kier molecular flexibility index (Phi) is 1.85. The lowest BCUT2D eigenvalue weighted by molar-refractivity contribution is 0.197. The van der Waals surface area contributed by atoms with Gasteiger partial charge in [-0.05, 0) is 6.07 Å². The van der Waals surface area contributed by atoms with Gasteiger partial charge in [0.1, 0.15) is 5.75 Å². The largest absolute Gasteiger partial charge is 0.494 e. The van der Waals surface area contributed by atoms with Crippen LogP contribution in [0.25, 0.3) is 10.9 Å². The van der Waals surface area contributed by atoms with Crippen LogP contribution in [0, 0.1) is 0 Å². The second kappa shape index (κ2) is 3.02. The van der Waals surface area contributed by atoms with Gasteiger partial charge in [0.15, 0.2) is 0 Å². The molecule has 5 nitrogen and oxygen atoms in total. The number of hydrogen-bond donors (Lipinski definition) is 1. The highest BCUT2D eigenvalue weighted by molar-refractivity contribution is 5.91. The summed E-state index contributed by atoms with van der Waals surface area (Å²) < 4.78 is 6.15. The number of carboxylic acid groups (broad SMARTS) is 1. The van der Waals surface area contributed by atoms with Crippen molar-refractivity contribution in [3.63, 3.8) is 0 Å². The van der Waals surface area contributed by atoms with Crippen molar-refractivity contribution in [1.82, 2.24) is 9.55 Å². The third kappa shape index (κ3) is 1.10. The first-order valence-corrected chi connectivity index (χ1v) is 3.96. The predicted octanol–water partition coefficient (Wildman–Crippen LogP) is 1.57. The molecule has 5 heteroatoms. The summed E-state index contributed by atoms with van der Waals surface area (Å²) in [4.78, 5) is 14.7. The molecular weight excluding hydrogens is 184 g/mol. The Hall–Kier alpha value is -2.04.